The molecule has 3 rings (SSSR count). The minimum atomic E-state index is 0.723. The van der Waals surface area contributed by atoms with Gasteiger partial charge in [0.15, 0.2) is 0 Å². The summed E-state index contributed by atoms with van der Waals surface area (Å²) in [6.45, 7) is 7.93. The Morgan fingerprint density at radius 3 is 2.48 bits per heavy atom. The summed E-state index contributed by atoms with van der Waals surface area (Å²) in [5, 5.41) is 12.7. The summed E-state index contributed by atoms with van der Waals surface area (Å²) in [5.41, 5.74) is 5.86. The van der Waals surface area contributed by atoms with Crippen LogP contribution < -0.4 is 5.32 Å². The monoisotopic (exact) mass is 351 g/mol. The molecule has 1 aliphatic carbocycles. The van der Waals surface area contributed by atoms with Gasteiger partial charge < -0.3 is 5.32 Å². The van der Waals surface area contributed by atoms with Crippen LogP contribution in [-0.4, -0.2) is 25.6 Å². The topological polar surface area (TPSA) is 47.7 Å². The normalized spacial score (nSPS) is 14.9. The number of aryl methyl sites for hydroxylation is 3. The Morgan fingerprint density at radius 1 is 1.19 bits per heavy atom. The average molecular weight is 352 g/mol. The lowest BCUT2D eigenvalue weighted by molar-refractivity contribution is 0.600. The zero-order valence-electron chi connectivity index (χ0n) is 13.1. The number of rotatable bonds is 5. The highest BCUT2D eigenvalue weighted by atomic mass is 79.9. The Balaban J connectivity index is 1.83. The van der Waals surface area contributed by atoms with E-state index in [-0.39, 0.29) is 0 Å². The van der Waals surface area contributed by atoms with Crippen LogP contribution in [0.2, 0.25) is 0 Å². The molecule has 0 bridgehead atoms. The Labute approximate surface area is 133 Å². The molecule has 0 aromatic carbocycles. The quantitative estimate of drug-likeness (QED) is 0.900. The van der Waals surface area contributed by atoms with E-state index in [1.807, 2.05) is 18.7 Å². The van der Waals surface area contributed by atoms with Crippen molar-refractivity contribution >= 4 is 15.9 Å². The van der Waals surface area contributed by atoms with Gasteiger partial charge in [-0.2, -0.15) is 10.2 Å². The molecule has 1 N–H and O–H groups in total. The van der Waals surface area contributed by atoms with Gasteiger partial charge in [0.1, 0.15) is 0 Å². The molecular formula is C15H22BrN5. The molecule has 21 heavy (non-hydrogen) atoms. The molecule has 0 radical (unpaired) electrons. The van der Waals surface area contributed by atoms with Gasteiger partial charge >= 0.3 is 0 Å². The first-order chi connectivity index (χ1) is 9.97. The molecular weight excluding hydrogens is 330 g/mol. The van der Waals surface area contributed by atoms with Crippen LogP contribution in [0.3, 0.4) is 0 Å². The highest BCUT2D eigenvalue weighted by Crippen LogP contribution is 2.24. The van der Waals surface area contributed by atoms with Crippen molar-refractivity contribution in [2.75, 3.05) is 0 Å². The maximum absolute atomic E-state index is 4.71. The van der Waals surface area contributed by atoms with Crippen LogP contribution in [0.15, 0.2) is 4.47 Å². The number of hydrogen-bond donors (Lipinski definition) is 1. The molecule has 2 aromatic rings. The summed E-state index contributed by atoms with van der Waals surface area (Å²) in [4.78, 5) is 0. The van der Waals surface area contributed by atoms with E-state index in [0.29, 0.717) is 0 Å². The molecule has 0 saturated heterocycles. The van der Waals surface area contributed by atoms with E-state index in [1.165, 1.54) is 24.1 Å². The zero-order chi connectivity index (χ0) is 15.1. The molecule has 0 spiro atoms. The molecule has 0 aliphatic heterocycles. The van der Waals surface area contributed by atoms with Gasteiger partial charge in [0.05, 0.1) is 28.1 Å². The number of nitrogens with one attached hydrogen (secondary N) is 1. The fourth-order valence-electron chi connectivity index (χ4n) is 2.67. The molecule has 2 heterocycles. The summed E-state index contributed by atoms with van der Waals surface area (Å²) in [6.07, 6.45) is 2.63. The number of nitrogens with zero attached hydrogens (tertiary/aromatic N) is 4. The van der Waals surface area contributed by atoms with Crippen LogP contribution in [0.4, 0.5) is 0 Å². The van der Waals surface area contributed by atoms with E-state index in [9.17, 15) is 0 Å². The van der Waals surface area contributed by atoms with E-state index >= 15 is 0 Å². The number of aromatic nitrogens is 4. The molecule has 2 aromatic heterocycles. The summed E-state index contributed by atoms with van der Waals surface area (Å²) in [6, 6.07) is 0.723. The van der Waals surface area contributed by atoms with Crippen molar-refractivity contribution in [1.82, 2.24) is 24.9 Å². The van der Waals surface area contributed by atoms with Crippen LogP contribution in [0.25, 0.3) is 0 Å². The summed E-state index contributed by atoms with van der Waals surface area (Å²) < 4.78 is 5.09. The van der Waals surface area contributed by atoms with E-state index in [2.05, 4.69) is 44.9 Å². The van der Waals surface area contributed by atoms with E-state index < -0.39 is 0 Å². The fraction of sp³-hybridized carbons (Fsp3) is 0.600. The first-order valence-corrected chi connectivity index (χ1v) is 8.21. The minimum absolute atomic E-state index is 0.723. The second-order valence-electron chi connectivity index (χ2n) is 5.93. The SMILES string of the molecule is Cc1nn(C)c(Cn2nc(C)c(CNC3CC3)c2C)c1Br. The zero-order valence-corrected chi connectivity index (χ0v) is 14.7. The molecule has 1 fully saturated rings. The maximum atomic E-state index is 4.71. The largest absolute Gasteiger partial charge is 0.310 e. The number of halogens is 1. The average Bonchev–Trinajstić information content (AvgIpc) is 3.17. The van der Waals surface area contributed by atoms with Crippen molar-refractivity contribution in [3.05, 3.63) is 32.8 Å². The van der Waals surface area contributed by atoms with Gasteiger partial charge in [0, 0.05) is 30.9 Å². The Kier molecular flexibility index (Phi) is 3.92. The van der Waals surface area contributed by atoms with Gasteiger partial charge in [-0.05, 0) is 49.5 Å². The van der Waals surface area contributed by atoms with E-state index in [1.54, 1.807) is 0 Å². The van der Waals surface area contributed by atoms with Gasteiger partial charge in [-0.15, -0.1) is 0 Å². The van der Waals surface area contributed by atoms with Crippen molar-refractivity contribution in [3.63, 3.8) is 0 Å². The van der Waals surface area contributed by atoms with E-state index in [4.69, 9.17) is 5.10 Å². The predicted molar refractivity (Wildman–Crippen MR) is 86.3 cm³/mol. The lowest BCUT2D eigenvalue weighted by Crippen LogP contribution is -2.16. The van der Waals surface area contributed by atoms with Crippen LogP contribution in [0.1, 0.15) is 41.2 Å². The smallest absolute Gasteiger partial charge is 0.0842 e. The second-order valence-corrected chi connectivity index (χ2v) is 6.72. The highest BCUT2D eigenvalue weighted by molar-refractivity contribution is 9.10. The van der Waals surface area contributed by atoms with Crippen molar-refractivity contribution < 1.29 is 0 Å². The first-order valence-electron chi connectivity index (χ1n) is 7.41. The lowest BCUT2D eigenvalue weighted by atomic mass is 10.2. The van der Waals surface area contributed by atoms with Crippen molar-refractivity contribution in [2.45, 2.75) is 52.7 Å². The predicted octanol–water partition coefficient (Wildman–Crippen LogP) is 2.60. The first kappa shape index (κ1) is 14.8. The van der Waals surface area contributed by atoms with Gasteiger partial charge in [0.2, 0.25) is 0 Å². The summed E-state index contributed by atoms with van der Waals surface area (Å²) in [7, 11) is 1.98. The summed E-state index contributed by atoms with van der Waals surface area (Å²) in [5.74, 6) is 0. The molecule has 1 aliphatic rings. The molecule has 0 atom stereocenters. The van der Waals surface area contributed by atoms with E-state index in [0.717, 1.165) is 40.7 Å². The van der Waals surface area contributed by atoms with Gasteiger partial charge in [-0.25, -0.2) is 0 Å². The van der Waals surface area contributed by atoms with Crippen molar-refractivity contribution in [1.29, 1.82) is 0 Å². The minimum Gasteiger partial charge on any atom is -0.310 e. The Hall–Kier alpha value is -1.14. The van der Waals surface area contributed by atoms with Crippen LogP contribution in [-0.2, 0) is 20.1 Å². The fourth-order valence-corrected chi connectivity index (χ4v) is 3.13. The lowest BCUT2D eigenvalue weighted by Gasteiger charge is -2.07. The molecule has 114 valence electrons. The van der Waals surface area contributed by atoms with Crippen LogP contribution in [0, 0.1) is 20.8 Å². The number of hydrogen-bond acceptors (Lipinski definition) is 3. The standard InChI is InChI=1S/C15H22BrN5/c1-9-13(7-17-12-5-6-12)11(3)21(19-9)8-14-15(16)10(2)18-20(14)4/h12,17H,5-8H2,1-4H3. The summed E-state index contributed by atoms with van der Waals surface area (Å²) >= 11 is 3.63. The van der Waals surface area contributed by atoms with Crippen molar-refractivity contribution in [3.8, 4) is 0 Å². The van der Waals surface area contributed by atoms with Crippen LogP contribution in [0.5, 0.6) is 0 Å². The third kappa shape index (κ3) is 2.92. The van der Waals surface area contributed by atoms with Crippen molar-refractivity contribution in [2.24, 2.45) is 7.05 Å². The van der Waals surface area contributed by atoms with Crippen LogP contribution >= 0.6 is 15.9 Å². The van der Waals surface area contributed by atoms with Gasteiger partial charge in [-0.1, -0.05) is 0 Å². The van der Waals surface area contributed by atoms with Gasteiger partial charge in [-0.3, -0.25) is 9.36 Å². The Morgan fingerprint density at radius 2 is 1.90 bits per heavy atom. The molecule has 5 nitrogen and oxygen atoms in total. The third-order valence-electron chi connectivity index (χ3n) is 4.24. The highest BCUT2D eigenvalue weighted by Gasteiger charge is 2.22. The Bertz CT molecular complexity index is 666. The molecule has 0 unspecified atom stereocenters. The molecule has 1 saturated carbocycles. The molecule has 0 amide bonds. The maximum Gasteiger partial charge on any atom is 0.0842 e. The van der Waals surface area contributed by atoms with Gasteiger partial charge in [0.25, 0.3) is 0 Å². The second kappa shape index (κ2) is 5.57. The molecule has 6 heteroatoms. The third-order valence-corrected chi connectivity index (χ3v) is 5.27.